The van der Waals surface area contributed by atoms with Crippen LogP contribution in [0.3, 0.4) is 0 Å². The van der Waals surface area contributed by atoms with E-state index in [1.807, 2.05) is 12.1 Å². The van der Waals surface area contributed by atoms with Crippen molar-refractivity contribution in [3.8, 4) is 17.2 Å². The summed E-state index contributed by atoms with van der Waals surface area (Å²) in [7, 11) is -2.53. The Morgan fingerprint density at radius 2 is 1.74 bits per heavy atom. The second-order valence-electron chi connectivity index (χ2n) is 6.98. The minimum absolute atomic E-state index is 0.00750. The van der Waals surface area contributed by atoms with Crippen LogP contribution in [0.25, 0.3) is 0 Å². The van der Waals surface area contributed by atoms with Gasteiger partial charge in [0.1, 0.15) is 11.4 Å². The number of benzene rings is 3. The third-order valence-electron chi connectivity index (χ3n) is 4.60. The van der Waals surface area contributed by atoms with Crippen molar-refractivity contribution in [2.75, 3.05) is 24.3 Å². The molecule has 0 saturated carbocycles. The Kier molecular flexibility index (Phi) is 7.66. The van der Waals surface area contributed by atoms with Gasteiger partial charge in [-0.25, -0.2) is 13.6 Å². The zero-order valence-corrected chi connectivity index (χ0v) is 18.9. The van der Waals surface area contributed by atoms with Gasteiger partial charge in [-0.3, -0.25) is 14.9 Å². The number of primary sulfonamides is 1. The third-order valence-corrected chi connectivity index (χ3v) is 5.51. The molecule has 0 aliphatic heterocycles. The number of carbonyl (C=O) groups is 1. The number of para-hydroxylation sites is 2. The summed E-state index contributed by atoms with van der Waals surface area (Å²) in [6.45, 7) is 0.0798. The van der Waals surface area contributed by atoms with Crippen LogP contribution < -0.4 is 25.2 Å². The van der Waals surface area contributed by atoms with Crippen molar-refractivity contribution >= 4 is 33.0 Å². The van der Waals surface area contributed by atoms with Gasteiger partial charge in [-0.15, -0.1) is 0 Å². The molecule has 0 spiro atoms. The predicted octanol–water partition coefficient (Wildman–Crippen LogP) is 3.48. The van der Waals surface area contributed by atoms with E-state index in [-0.39, 0.29) is 29.5 Å². The molecule has 1 amide bonds. The molecule has 0 unspecified atom stereocenters. The van der Waals surface area contributed by atoms with E-state index in [4.69, 9.17) is 14.6 Å². The third kappa shape index (κ3) is 6.43. The minimum atomic E-state index is -4.08. The van der Waals surface area contributed by atoms with Crippen LogP contribution in [-0.4, -0.2) is 32.9 Å². The first-order chi connectivity index (χ1) is 16.2. The van der Waals surface area contributed by atoms with Crippen LogP contribution in [0.4, 0.5) is 17.1 Å². The number of rotatable bonds is 10. The number of nitrogens with zero attached hydrogens (tertiary/aromatic N) is 1. The number of carbonyl (C=O) groups excluding carboxylic acids is 1. The van der Waals surface area contributed by atoms with E-state index in [0.717, 1.165) is 12.1 Å². The number of nitro groups is 1. The van der Waals surface area contributed by atoms with E-state index in [9.17, 15) is 23.3 Å². The van der Waals surface area contributed by atoms with Crippen LogP contribution in [0.2, 0.25) is 0 Å². The van der Waals surface area contributed by atoms with Gasteiger partial charge >= 0.3 is 0 Å². The molecule has 3 aromatic carbocycles. The summed E-state index contributed by atoms with van der Waals surface area (Å²) < 4.78 is 33.8. The Hall–Kier alpha value is -4.16. The zero-order valence-electron chi connectivity index (χ0n) is 18.1. The number of hydrogen-bond donors (Lipinski definition) is 3. The largest absolute Gasteiger partial charge is 0.493 e. The quantitative estimate of drug-likeness (QED) is 0.290. The molecule has 4 N–H and O–H groups in total. The number of amides is 1. The van der Waals surface area contributed by atoms with Crippen LogP contribution in [0.5, 0.6) is 17.2 Å². The fourth-order valence-corrected chi connectivity index (χ4v) is 3.49. The number of nitro benzene ring substituents is 1. The number of anilines is 2. The molecule has 12 heteroatoms. The molecule has 0 heterocycles. The number of nitrogens with one attached hydrogen (secondary N) is 2. The number of ether oxygens (including phenoxy) is 2. The zero-order chi connectivity index (χ0) is 24.7. The summed E-state index contributed by atoms with van der Waals surface area (Å²) in [5.74, 6) is 1.38. The van der Waals surface area contributed by atoms with E-state index in [1.165, 1.54) is 6.07 Å². The first-order valence-corrected chi connectivity index (χ1v) is 11.5. The van der Waals surface area contributed by atoms with E-state index >= 15 is 0 Å². The molecule has 0 aliphatic rings. The smallest absolute Gasteiger partial charge is 0.293 e. The van der Waals surface area contributed by atoms with Crippen LogP contribution in [0, 0.1) is 10.1 Å². The lowest BCUT2D eigenvalue weighted by molar-refractivity contribution is -0.384. The first-order valence-electron chi connectivity index (χ1n) is 9.93. The Morgan fingerprint density at radius 1 is 1.06 bits per heavy atom. The standard InChI is InChI=1S/C22H22N4O7S/c1-32-20-4-2-3-5-21(20)33-16-8-6-15(7-9-16)25-22(27)12-13-24-18-11-10-17(34(23,30)31)14-19(18)26(28)29/h2-11,14,24H,12-13H2,1H3,(H,25,27)(H2,23,30,31). The van der Waals surface area contributed by atoms with Crippen molar-refractivity contribution in [2.24, 2.45) is 5.14 Å². The molecule has 0 saturated heterocycles. The lowest BCUT2D eigenvalue weighted by atomic mass is 10.2. The number of nitrogens with two attached hydrogens (primary N) is 1. The van der Waals surface area contributed by atoms with Gasteiger partial charge in [-0.05, 0) is 48.5 Å². The molecule has 34 heavy (non-hydrogen) atoms. The highest BCUT2D eigenvalue weighted by Gasteiger charge is 2.19. The summed E-state index contributed by atoms with van der Waals surface area (Å²) in [6.07, 6.45) is 0.00750. The first kappa shape index (κ1) is 24.5. The van der Waals surface area contributed by atoms with Crippen molar-refractivity contribution < 1.29 is 27.6 Å². The molecule has 3 aromatic rings. The molecule has 0 aliphatic carbocycles. The van der Waals surface area contributed by atoms with Crippen LogP contribution in [-0.2, 0) is 14.8 Å². The number of sulfonamides is 1. The number of hydrogen-bond acceptors (Lipinski definition) is 8. The molecular formula is C22H22N4O7S. The SMILES string of the molecule is COc1ccccc1Oc1ccc(NC(=O)CCNc2ccc(S(N)(=O)=O)cc2[N+](=O)[O-])cc1. The van der Waals surface area contributed by atoms with Gasteiger partial charge in [0.2, 0.25) is 15.9 Å². The maximum atomic E-state index is 12.2. The highest BCUT2D eigenvalue weighted by molar-refractivity contribution is 7.89. The van der Waals surface area contributed by atoms with E-state index in [1.54, 1.807) is 43.5 Å². The molecule has 11 nitrogen and oxygen atoms in total. The highest BCUT2D eigenvalue weighted by atomic mass is 32.2. The summed E-state index contributed by atoms with van der Waals surface area (Å²) in [5, 5.41) is 21.8. The van der Waals surface area contributed by atoms with E-state index in [0.29, 0.717) is 22.9 Å². The lowest BCUT2D eigenvalue weighted by Gasteiger charge is -2.11. The van der Waals surface area contributed by atoms with Crippen LogP contribution >= 0.6 is 0 Å². The minimum Gasteiger partial charge on any atom is -0.493 e. The van der Waals surface area contributed by atoms with Crippen molar-refractivity contribution in [2.45, 2.75) is 11.3 Å². The Bertz CT molecular complexity index is 1290. The number of methoxy groups -OCH3 is 1. The topological polar surface area (TPSA) is 163 Å². The molecule has 178 valence electrons. The molecule has 0 radical (unpaired) electrons. The average Bonchev–Trinajstić information content (AvgIpc) is 2.80. The van der Waals surface area contributed by atoms with Gasteiger partial charge in [0.05, 0.1) is 16.9 Å². The predicted molar refractivity (Wildman–Crippen MR) is 126 cm³/mol. The second-order valence-corrected chi connectivity index (χ2v) is 8.54. The van der Waals surface area contributed by atoms with Gasteiger partial charge < -0.3 is 20.1 Å². The van der Waals surface area contributed by atoms with E-state index < -0.39 is 20.6 Å². The normalized spacial score (nSPS) is 10.9. The Morgan fingerprint density at radius 3 is 2.35 bits per heavy atom. The summed E-state index contributed by atoms with van der Waals surface area (Å²) in [4.78, 5) is 22.4. The van der Waals surface area contributed by atoms with Gasteiger partial charge in [-0.2, -0.15) is 0 Å². The van der Waals surface area contributed by atoms with Crippen molar-refractivity contribution in [3.63, 3.8) is 0 Å². The van der Waals surface area contributed by atoms with Crippen molar-refractivity contribution in [3.05, 3.63) is 76.8 Å². The lowest BCUT2D eigenvalue weighted by Crippen LogP contribution is -2.17. The van der Waals surface area contributed by atoms with Crippen molar-refractivity contribution in [1.82, 2.24) is 0 Å². The second kappa shape index (κ2) is 10.6. The summed E-state index contributed by atoms with van der Waals surface area (Å²) in [6, 6.07) is 17.2. The fraction of sp³-hybridized carbons (Fsp3) is 0.136. The molecule has 0 aromatic heterocycles. The summed E-state index contributed by atoms with van der Waals surface area (Å²) in [5.41, 5.74) is 0.154. The molecule has 0 atom stereocenters. The van der Waals surface area contributed by atoms with E-state index in [2.05, 4.69) is 10.6 Å². The van der Waals surface area contributed by atoms with Crippen LogP contribution in [0.15, 0.2) is 71.6 Å². The van der Waals surface area contributed by atoms with Crippen LogP contribution in [0.1, 0.15) is 6.42 Å². The Balaban J connectivity index is 1.55. The average molecular weight is 487 g/mol. The molecule has 3 rings (SSSR count). The maximum absolute atomic E-state index is 12.2. The van der Waals surface area contributed by atoms with Crippen molar-refractivity contribution in [1.29, 1.82) is 0 Å². The Labute approximate surface area is 195 Å². The summed E-state index contributed by atoms with van der Waals surface area (Å²) >= 11 is 0. The maximum Gasteiger partial charge on any atom is 0.293 e. The fourth-order valence-electron chi connectivity index (χ4n) is 2.96. The highest BCUT2D eigenvalue weighted by Crippen LogP contribution is 2.31. The molecular weight excluding hydrogens is 464 g/mol. The van der Waals surface area contributed by atoms with Gasteiger partial charge in [-0.1, -0.05) is 12.1 Å². The van der Waals surface area contributed by atoms with Gasteiger partial charge in [0.25, 0.3) is 5.69 Å². The molecule has 0 fully saturated rings. The van der Waals surface area contributed by atoms with Gasteiger partial charge in [0, 0.05) is 24.7 Å². The monoisotopic (exact) mass is 486 g/mol. The van der Waals surface area contributed by atoms with Gasteiger partial charge in [0.15, 0.2) is 11.5 Å². The molecule has 0 bridgehead atoms.